The van der Waals surface area contributed by atoms with Crippen LogP contribution >= 0.6 is 0 Å². The van der Waals surface area contributed by atoms with Crippen molar-refractivity contribution in [2.45, 2.75) is 38.4 Å². The Hall–Kier alpha value is -0.120. The number of rotatable bonds is 5. The molecule has 1 N–H and O–H groups in total. The maximum Gasteiger partial charge on any atom is 0.0700 e. The number of likely N-dealkylation sites (N-methyl/N-ethyl adjacent to an activating group) is 1. The second-order valence-electron chi connectivity index (χ2n) is 3.54. The first kappa shape index (κ1) is 11.0. The summed E-state index contributed by atoms with van der Waals surface area (Å²) in [5.74, 6) is 0. The van der Waals surface area contributed by atoms with Gasteiger partial charge in [0, 0.05) is 19.8 Å². The predicted octanol–water partition coefficient (Wildman–Crippen LogP) is 1.18. The van der Waals surface area contributed by atoms with Crippen LogP contribution in [0, 0.1) is 0 Å². The fraction of sp³-hybridized carbons (Fsp3) is 1.00. The SMILES string of the molecule is CCC(CNC)OC1CCOCC1. The van der Waals surface area contributed by atoms with E-state index in [1.165, 1.54) is 0 Å². The summed E-state index contributed by atoms with van der Waals surface area (Å²) in [6.45, 7) is 4.84. The van der Waals surface area contributed by atoms with Gasteiger partial charge in [-0.2, -0.15) is 0 Å². The topological polar surface area (TPSA) is 30.5 Å². The summed E-state index contributed by atoms with van der Waals surface area (Å²) < 4.78 is 11.2. The molecule has 1 aliphatic heterocycles. The molecule has 0 spiro atoms. The molecule has 1 saturated heterocycles. The maximum atomic E-state index is 5.94. The summed E-state index contributed by atoms with van der Waals surface area (Å²) in [7, 11) is 1.97. The van der Waals surface area contributed by atoms with Crippen molar-refractivity contribution in [3.63, 3.8) is 0 Å². The van der Waals surface area contributed by atoms with Gasteiger partial charge in [-0.3, -0.25) is 0 Å². The zero-order chi connectivity index (χ0) is 9.52. The highest BCUT2D eigenvalue weighted by atomic mass is 16.5. The molecule has 3 nitrogen and oxygen atoms in total. The largest absolute Gasteiger partial charge is 0.381 e. The average molecular weight is 187 g/mol. The molecule has 1 atom stereocenters. The first-order valence-corrected chi connectivity index (χ1v) is 5.24. The number of nitrogens with one attached hydrogen (secondary N) is 1. The summed E-state index contributed by atoms with van der Waals surface area (Å²) in [5.41, 5.74) is 0. The van der Waals surface area contributed by atoms with E-state index >= 15 is 0 Å². The van der Waals surface area contributed by atoms with Gasteiger partial charge in [-0.05, 0) is 26.3 Å². The minimum atomic E-state index is 0.369. The summed E-state index contributed by atoms with van der Waals surface area (Å²) in [4.78, 5) is 0. The van der Waals surface area contributed by atoms with Gasteiger partial charge < -0.3 is 14.8 Å². The van der Waals surface area contributed by atoms with Gasteiger partial charge in [0.1, 0.15) is 0 Å². The van der Waals surface area contributed by atoms with E-state index in [0.29, 0.717) is 12.2 Å². The molecule has 13 heavy (non-hydrogen) atoms. The Morgan fingerprint density at radius 1 is 1.46 bits per heavy atom. The lowest BCUT2D eigenvalue weighted by Gasteiger charge is -2.27. The van der Waals surface area contributed by atoms with Gasteiger partial charge in [0.25, 0.3) is 0 Å². The lowest BCUT2D eigenvalue weighted by molar-refractivity contribution is -0.0676. The molecule has 1 heterocycles. The minimum absolute atomic E-state index is 0.369. The van der Waals surface area contributed by atoms with Crippen LogP contribution in [0.4, 0.5) is 0 Å². The van der Waals surface area contributed by atoms with Gasteiger partial charge >= 0.3 is 0 Å². The summed E-state index contributed by atoms with van der Waals surface area (Å²) in [6.07, 6.45) is 3.98. The monoisotopic (exact) mass is 187 g/mol. The maximum absolute atomic E-state index is 5.94. The zero-order valence-electron chi connectivity index (χ0n) is 8.71. The first-order chi connectivity index (χ1) is 6.36. The fourth-order valence-electron chi connectivity index (χ4n) is 1.60. The smallest absolute Gasteiger partial charge is 0.0700 e. The van der Waals surface area contributed by atoms with Crippen LogP contribution in [0.3, 0.4) is 0 Å². The molecule has 1 aliphatic rings. The van der Waals surface area contributed by atoms with E-state index < -0.39 is 0 Å². The van der Waals surface area contributed by atoms with E-state index in [0.717, 1.165) is 39.0 Å². The van der Waals surface area contributed by atoms with Gasteiger partial charge in [0.05, 0.1) is 12.2 Å². The van der Waals surface area contributed by atoms with E-state index in [9.17, 15) is 0 Å². The lowest BCUT2D eigenvalue weighted by Crippen LogP contribution is -2.33. The van der Waals surface area contributed by atoms with Gasteiger partial charge in [-0.1, -0.05) is 6.92 Å². The van der Waals surface area contributed by atoms with Crippen molar-refractivity contribution in [2.75, 3.05) is 26.8 Å². The Balaban J connectivity index is 2.18. The van der Waals surface area contributed by atoms with Gasteiger partial charge in [0.2, 0.25) is 0 Å². The third kappa shape index (κ3) is 4.07. The minimum Gasteiger partial charge on any atom is -0.381 e. The van der Waals surface area contributed by atoms with Crippen LogP contribution in [-0.4, -0.2) is 39.0 Å². The van der Waals surface area contributed by atoms with E-state index in [4.69, 9.17) is 9.47 Å². The normalized spacial score (nSPS) is 21.7. The quantitative estimate of drug-likeness (QED) is 0.701. The molecule has 0 aromatic rings. The number of hydrogen-bond donors (Lipinski definition) is 1. The Kier molecular flexibility index (Phi) is 5.35. The summed E-state index contributed by atoms with van der Waals surface area (Å²) in [6, 6.07) is 0. The van der Waals surface area contributed by atoms with Gasteiger partial charge in [0.15, 0.2) is 0 Å². The Bertz CT molecular complexity index is 121. The highest BCUT2D eigenvalue weighted by molar-refractivity contribution is 4.67. The molecular formula is C10H21NO2. The molecule has 3 heteroatoms. The van der Waals surface area contributed by atoms with E-state index in [1.54, 1.807) is 0 Å². The average Bonchev–Trinajstić information content (AvgIpc) is 2.19. The van der Waals surface area contributed by atoms with Crippen LogP contribution in [0.1, 0.15) is 26.2 Å². The molecule has 0 radical (unpaired) electrons. The second kappa shape index (κ2) is 6.35. The zero-order valence-corrected chi connectivity index (χ0v) is 8.71. The molecule has 1 unspecified atom stereocenters. The van der Waals surface area contributed by atoms with Crippen LogP contribution < -0.4 is 5.32 Å². The van der Waals surface area contributed by atoms with Crippen LogP contribution in [0.25, 0.3) is 0 Å². The van der Waals surface area contributed by atoms with Crippen molar-refractivity contribution in [3.8, 4) is 0 Å². The summed E-state index contributed by atoms with van der Waals surface area (Å²) in [5, 5.41) is 3.15. The van der Waals surface area contributed by atoms with Crippen molar-refractivity contribution >= 4 is 0 Å². The molecule has 1 fully saturated rings. The Morgan fingerprint density at radius 3 is 2.69 bits per heavy atom. The number of ether oxygens (including phenoxy) is 2. The van der Waals surface area contributed by atoms with Crippen molar-refractivity contribution < 1.29 is 9.47 Å². The standard InChI is InChI=1S/C10H21NO2/c1-3-9(8-11-2)13-10-4-6-12-7-5-10/h9-11H,3-8H2,1-2H3. The molecule has 0 amide bonds. The van der Waals surface area contributed by atoms with Gasteiger partial charge in [-0.15, -0.1) is 0 Å². The Morgan fingerprint density at radius 2 is 2.15 bits per heavy atom. The molecule has 0 aliphatic carbocycles. The third-order valence-electron chi connectivity index (χ3n) is 2.44. The van der Waals surface area contributed by atoms with E-state index in [1.807, 2.05) is 7.05 Å². The van der Waals surface area contributed by atoms with Crippen LogP contribution in [0.2, 0.25) is 0 Å². The fourth-order valence-corrected chi connectivity index (χ4v) is 1.60. The molecule has 0 aromatic carbocycles. The van der Waals surface area contributed by atoms with E-state index in [-0.39, 0.29) is 0 Å². The predicted molar refractivity (Wildman–Crippen MR) is 52.9 cm³/mol. The molecule has 0 bridgehead atoms. The van der Waals surface area contributed by atoms with Crippen molar-refractivity contribution in [3.05, 3.63) is 0 Å². The second-order valence-corrected chi connectivity index (χ2v) is 3.54. The third-order valence-corrected chi connectivity index (χ3v) is 2.44. The van der Waals surface area contributed by atoms with Gasteiger partial charge in [-0.25, -0.2) is 0 Å². The van der Waals surface area contributed by atoms with Crippen molar-refractivity contribution in [1.82, 2.24) is 5.32 Å². The van der Waals surface area contributed by atoms with Crippen molar-refractivity contribution in [1.29, 1.82) is 0 Å². The van der Waals surface area contributed by atoms with Crippen LogP contribution in [-0.2, 0) is 9.47 Å². The van der Waals surface area contributed by atoms with E-state index in [2.05, 4.69) is 12.2 Å². The highest BCUT2D eigenvalue weighted by Gasteiger charge is 2.17. The Labute approximate surface area is 80.8 Å². The first-order valence-electron chi connectivity index (χ1n) is 5.24. The molecule has 78 valence electrons. The lowest BCUT2D eigenvalue weighted by atomic mass is 10.1. The molecular weight excluding hydrogens is 166 g/mol. The van der Waals surface area contributed by atoms with Crippen molar-refractivity contribution in [2.24, 2.45) is 0 Å². The highest BCUT2D eigenvalue weighted by Crippen LogP contribution is 2.13. The molecule has 1 rings (SSSR count). The number of hydrogen-bond acceptors (Lipinski definition) is 3. The molecule has 0 aromatic heterocycles. The molecule has 0 saturated carbocycles. The summed E-state index contributed by atoms with van der Waals surface area (Å²) >= 11 is 0. The van der Waals surface area contributed by atoms with Crippen LogP contribution in [0.5, 0.6) is 0 Å². The van der Waals surface area contributed by atoms with Crippen LogP contribution in [0.15, 0.2) is 0 Å².